The van der Waals surface area contributed by atoms with Crippen LogP contribution < -0.4 is 11.1 Å². The normalized spacial score (nSPS) is 24.7. The van der Waals surface area contributed by atoms with Crippen LogP contribution in [0.3, 0.4) is 0 Å². The van der Waals surface area contributed by atoms with Crippen molar-refractivity contribution in [2.24, 2.45) is 17.1 Å². The van der Waals surface area contributed by atoms with Gasteiger partial charge in [0.05, 0.1) is 0 Å². The standard InChI is InChI=1S/C13H22N2/c1-5-10-6-7-15-12(10)8-11(9-14)13(2,3)4/h6-10,15H,5,14H2,1-4H3/b11-9+,12-8+. The van der Waals surface area contributed by atoms with Gasteiger partial charge in [-0.25, -0.2) is 0 Å². The van der Waals surface area contributed by atoms with Crippen LogP contribution in [-0.4, -0.2) is 0 Å². The maximum absolute atomic E-state index is 5.67. The molecule has 1 heterocycles. The van der Waals surface area contributed by atoms with Gasteiger partial charge in [0, 0.05) is 11.6 Å². The van der Waals surface area contributed by atoms with Crippen LogP contribution >= 0.6 is 0 Å². The van der Waals surface area contributed by atoms with E-state index in [-0.39, 0.29) is 5.41 Å². The van der Waals surface area contributed by atoms with Crippen LogP contribution in [0.15, 0.2) is 35.8 Å². The number of rotatable bonds is 2. The molecule has 0 saturated carbocycles. The van der Waals surface area contributed by atoms with Crippen molar-refractivity contribution < 1.29 is 0 Å². The van der Waals surface area contributed by atoms with E-state index in [1.165, 1.54) is 11.3 Å². The predicted molar refractivity (Wildman–Crippen MR) is 65.9 cm³/mol. The van der Waals surface area contributed by atoms with Crippen molar-refractivity contribution in [3.8, 4) is 0 Å². The van der Waals surface area contributed by atoms with Crippen LogP contribution in [0, 0.1) is 11.3 Å². The summed E-state index contributed by atoms with van der Waals surface area (Å²) in [7, 11) is 0. The highest BCUT2D eigenvalue weighted by molar-refractivity contribution is 5.32. The molecular formula is C13H22N2. The van der Waals surface area contributed by atoms with Gasteiger partial charge in [0.15, 0.2) is 0 Å². The van der Waals surface area contributed by atoms with E-state index >= 15 is 0 Å². The number of allylic oxidation sites excluding steroid dienone is 3. The molecule has 0 radical (unpaired) electrons. The quantitative estimate of drug-likeness (QED) is 0.729. The van der Waals surface area contributed by atoms with E-state index in [0.717, 1.165) is 6.42 Å². The van der Waals surface area contributed by atoms with Crippen molar-refractivity contribution in [2.75, 3.05) is 0 Å². The van der Waals surface area contributed by atoms with E-state index in [2.05, 4.69) is 45.2 Å². The average Bonchev–Trinajstić information content (AvgIpc) is 2.59. The number of nitrogens with two attached hydrogens (primary N) is 1. The van der Waals surface area contributed by atoms with Gasteiger partial charge in [-0.1, -0.05) is 33.8 Å². The Labute approximate surface area is 92.9 Å². The van der Waals surface area contributed by atoms with Crippen molar-refractivity contribution in [3.63, 3.8) is 0 Å². The third-order valence-electron chi connectivity index (χ3n) is 2.77. The van der Waals surface area contributed by atoms with Crippen molar-refractivity contribution in [3.05, 3.63) is 35.8 Å². The molecule has 84 valence electrons. The monoisotopic (exact) mass is 206 g/mol. The zero-order valence-electron chi connectivity index (χ0n) is 10.2. The largest absolute Gasteiger partial charge is 0.404 e. The van der Waals surface area contributed by atoms with Crippen LogP contribution in [0.1, 0.15) is 34.1 Å². The van der Waals surface area contributed by atoms with Crippen LogP contribution in [0.5, 0.6) is 0 Å². The summed E-state index contributed by atoms with van der Waals surface area (Å²) in [6, 6.07) is 0. The van der Waals surface area contributed by atoms with Gasteiger partial charge in [0.1, 0.15) is 0 Å². The lowest BCUT2D eigenvalue weighted by Crippen LogP contribution is -2.13. The first-order valence-electron chi connectivity index (χ1n) is 5.56. The Bertz CT molecular complexity index is 303. The molecule has 0 aliphatic carbocycles. The smallest absolute Gasteiger partial charge is 0.0220 e. The Morgan fingerprint density at radius 3 is 2.67 bits per heavy atom. The topological polar surface area (TPSA) is 38.0 Å². The zero-order chi connectivity index (χ0) is 11.5. The van der Waals surface area contributed by atoms with E-state index < -0.39 is 0 Å². The summed E-state index contributed by atoms with van der Waals surface area (Å²) in [6.07, 6.45) is 9.21. The summed E-state index contributed by atoms with van der Waals surface area (Å²) < 4.78 is 0. The van der Waals surface area contributed by atoms with Crippen molar-refractivity contribution in [1.82, 2.24) is 5.32 Å². The summed E-state index contributed by atoms with van der Waals surface area (Å²) in [5, 5.41) is 3.28. The molecular weight excluding hydrogens is 184 g/mol. The minimum Gasteiger partial charge on any atom is -0.404 e. The Morgan fingerprint density at radius 2 is 2.20 bits per heavy atom. The molecule has 0 fully saturated rings. The number of nitrogens with one attached hydrogen (secondary N) is 1. The van der Waals surface area contributed by atoms with Crippen molar-refractivity contribution >= 4 is 0 Å². The average molecular weight is 206 g/mol. The minimum atomic E-state index is 0.101. The second-order valence-electron chi connectivity index (χ2n) is 4.99. The molecule has 2 nitrogen and oxygen atoms in total. The van der Waals surface area contributed by atoms with Gasteiger partial charge in [0.2, 0.25) is 0 Å². The molecule has 1 aliphatic rings. The molecule has 0 aromatic rings. The van der Waals surface area contributed by atoms with E-state index in [1.54, 1.807) is 6.20 Å². The third-order valence-corrected chi connectivity index (χ3v) is 2.77. The minimum absolute atomic E-state index is 0.101. The fourth-order valence-corrected chi connectivity index (χ4v) is 1.66. The fraction of sp³-hybridized carbons (Fsp3) is 0.538. The molecule has 0 aromatic heterocycles. The molecule has 0 spiro atoms. The van der Waals surface area contributed by atoms with E-state index in [1.807, 2.05) is 6.20 Å². The predicted octanol–water partition coefficient (Wildman–Crippen LogP) is 2.90. The molecule has 1 unspecified atom stereocenters. The summed E-state index contributed by atoms with van der Waals surface area (Å²) in [5.41, 5.74) is 8.20. The van der Waals surface area contributed by atoms with Gasteiger partial charge in [-0.2, -0.15) is 0 Å². The molecule has 3 N–H and O–H groups in total. The van der Waals surface area contributed by atoms with Crippen molar-refractivity contribution in [2.45, 2.75) is 34.1 Å². The molecule has 2 heteroatoms. The molecule has 0 saturated heterocycles. The molecule has 1 rings (SSSR count). The maximum Gasteiger partial charge on any atom is 0.0220 e. The lowest BCUT2D eigenvalue weighted by Gasteiger charge is -2.21. The molecule has 0 amide bonds. The number of hydrogen-bond donors (Lipinski definition) is 2. The van der Waals surface area contributed by atoms with Crippen LogP contribution in [-0.2, 0) is 0 Å². The molecule has 1 atom stereocenters. The van der Waals surface area contributed by atoms with Crippen LogP contribution in [0.2, 0.25) is 0 Å². The van der Waals surface area contributed by atoms with E-state index in [0.29, 0.717) is 5.92 Å². The summed E-state index contributed by atoms with van der Waals surface area (Å²) >= 11 is 0. The first-order chi connectivity index (χ1) is 6.99. The SMILES string of the molecule is CCC1C=CN/C1=C/C(=C\N)C(C)(C)C. The van der Waals surface area contributed by atoms with Crippen LogP contribution in [0.25, 0.3) is 0 Å². The van der Waals surface area contributed by atoms with Gasteiger partial charge in [-0.3, -0.25) is 0 Å². The summed E-state index contributed by atoms with van der Waals surface area (Å²) in [6.45, 7) is 8.71. The highest BCUT2D eigenvalue weighted by Crippen LogP contribution is 2.29. The Balaban J connectivity index is 2.87. The molecule has 15 heavy (non-hydrogen) atoms. The lowest BCUT2D eigenvalue weighted by molar-refractivity contribution is 0.513. The van der Waals surface area contributed by atoms with Crippen LogP contribution in [0.4, 0.5) is 0 Å². The van der Waals surface area contributed by atoms with Gasteiger partial charge in [-0.05, 0) is 35.9 Å². The lowest BCUT2D eigenvalue weighted by atomic mass is 9.85. The Morgan fingerprint density at radius 1 is 1.53 bits per heavy atom. The first kappa shape index (κ1) is 11.9. The van der Waals surface area contributed by atoms with Gasteiger partial charge in [0.25, 0.3) is 0 Å². The highest BCUT2D eigenvalue weighted by Gasteiger charge is 2.19. The van der Waals surface area contributed by atoms with E-state index in [4.69, 9.17) is 5.73 Å². The zero-order valence-corrected chi connectivity index (χ0v) is 10.2. The van der Waals surface area contributed by atoms with Gasteiger partial charge >= 0.3 is 0 Å². The van der Waals surface area contributed by atoms with Crippen molar-refractivity contribution in [1.29, 1.82) is 0 Å². The van der Waals surface area contributed by atoms with E-state index in [9.17, 15) is 0 Å². The maximum atomic E-state index is 5.67. The first-order valence-corrected chi connectivity index (χ1v) is 5.56. The summed E-state index contributed by atoms with van der Waals surface area (Å²) in [5.74, 6) is 0.516. The molecule has 0 aromatic carbocycles. The second kappa shape index (κ2) is 4.56. The Kier molecular flexibility index (Phi) is 3.61. The Hall–Kier alpha value is -1.18. The third kappa shape index (κ3) is 2.88. The molecule has 0 bridgehead atoms. The van der Waals surface area contributed by atoms with Gasteiger partial charge in [-0.15, -0.1) is 0 Å². The second-order valence-corrected chi connectivity index (χ2v) is 4.99. The highest BCUT2D eigenvalue weighted by atomic mass is 14.9. The molecule has 1 aliphatic heterocycles. The van der Waals surface area contributed by atoms with Gasteiger partial charge < -0.3 is 11.1 Å². The fourth-order valence-electron chi connectivity index (χ4n) is 1.66. The summed E-state index contributed by atoms with van der Waals surface area (Å²) in [4.78, 5) is 0. The number of hydrogen-bond acceptors (Lipinski definition) is 2.